The summed E-state index contributed by atoms with van der Waals surface area (Å²) in [7, 11) is 3.36. The lowest BCUT2D eigenvalue weighted by Crippen LogP contribution is -2.28. The van der Waals surface area contributed by atoms with Crippen molar-refractivity contribution in [2.75, 3.05) is 30.9 Å². The van der Waals surface area contributed by atoms with E-state index in [1.165, 1.54) is 29.9 Å². The summed E-state index contributed by atoms with van der Waals surface area (Å²) >= 11 is 0. The van der Waals surface area contributed by atoms with E-state index in [-0.39, 0.29) is 34.4 Å². The van der Waals surface area contributed by atoms with Crippen LogP contribution in [-0.2, 0) is 13.0 Å². The number of fused-ring (bicyclic) bond motifs is 2. The topological polar surface area (TPSA) is 111 Å². The van der Waals surface area contributed by atoms with Gasteiger partial charge in [-0.05, 0) is 36.6 Å². The number of aromatic nitrogens is 4. The molecule has 0 bridgehead atoms. The molecule has 180 valence electrons. The molecule has 1 aliphatic rings. The van der Waals surface area contributed by atoms with Crippen LogP contribution in [0.5, 0.6) is 6.01 Å². The summed E-state index contributed by atoms with van der Waals surface area (Å²) in [5.74, 6) is -1.06. The second kappa shape index (κ2) is 8.82. The van der Waals surface area contributed by atoms with Gasteiger partial charge in [0.2, 0.25) is 5.95 Å². The molecule has 1 amide bonds. The Morgan fingerprint density at radius 2 is 2.00 bits per heavy atom. The van der Waals surface area contributed by atoms with Crippen LogP contribution in [-0.4, -0.2) is 46.1 Å². The average molecular weight is 479 g/mol. The molecule has 0 aliphatic carbocycles. The van der Waals surface area contributed by atoms with E-state index in [1.807, 2.05) is 13.1 Å². The van der Waals surface area contributed by atoms with Gasteiger partial charge in [0, 0.05) is 26.2 Å². The first kappa shape index (κ1) is 22.5. The van der Waals surface area contributed by atoms with Crippen molar-refractivity contribution in [3.63, 3.8) is 0 Å². The quantitative estimate of drug-likeness (QED) is 0.437. The molecule has 2 aromatic heterocycles. The van der Waals surface area contributed by atoms with Gasteiger partial charge in [-0.25, -0.2) is 18.3 Å². The third-order valence-electron chi connectivity index (χ3n) is 5.92. The number of nitrogens with one attached hydrogen (secondary N) is 1. The van der Waals surface area contributed by atoms with Crippen LogP contribution in [0.25, 0.3) is 17.0 Å². The molecular weight excluding hydrogens is 456 g/mol. The highest BCUT2D eigenvalue weighted by molar-refractivity contribution is 6.04. The fourth-order valence-corrected chi connectivity index (χ4v) is 4.35. The number of ether oxygens (including phenoxy) is 1. The molecule has 35 heavy (non-hydrogen) atoms. The normalized spacial score (nSPS) is 13.1. The minimum Gasteiger partial charge on any atom is -0.468 e. The SMILES string of the molecule is COc1nc2c(C(N)=O)cc(F)cc2n1-c1nc2c(c(NCc3cccc(F)c3)n1)N(C)CCC2. The number of imidazole rings is 1. The average Bonchev–Trinajstić information content (AvgIpc) is 3.20. The Morgan fingerprint density at radius 1 is 1.17 bits per heavy atom. The Bertz CT molecular complexity index is 1450. The van der Waals surface area contributed by atoms with Gasteiger partial charge in [-0.3, -0.25) is 4.79 Å². The zero-order chi connectivity index (χ0) is 24.7. The Hall–Kier alpha value is -4.28. The standard InChI is InChI=1S/C24H23F2N7O2/c1-32-8-4-7-17-20(32)22(28-12-13-5-3-6-14(25)9-13)31-23(29-17)33-18-11-15(26)10-16(21(27)34)19(18)30-24(33)35-2/h3,5-6,9-11H,4,7-8,12H2,1-2H3,(H2,27,34)(H,28,29,31). The van der Waals surface area contributed by atoms with Gasteiger partial charge in [0.25, 0.3) is 5.91 Å². The summed E-state index contributed by atoms with van der Waals surface area (Å²) in [5, 5.41) is 3.29. The molecule has 0 radical (unpaired) electrons. The van der Waals surface area contributed by atoms with E-state index in [4.69, 9.17) is 20.4 Å². The molecule has 4 aromatic rings. The molecule has 0 saturated heterocycles. The van der Waals surface area contributed by atoms with Crippen molar-refractivity contribution in [2.45, 2.75) is 19.4 Å². The Morgan fingerprint density at radius 3 is 2.74 bits per heavy atom. The van der Waals surface area contributed by atoms with Crippen molar-refractivity contribution in [1.82, 2.24) is 19.5 Å². The number of halogens is 2. The molecule has 9 nitrogen and oxygen atoms in total. The number of aryl methyl sites for hydroxylation is 1. The van der Waals surface area contributed by atoms with Crippen LogP contribution in [0.3, 0.4) is 0 Å². The summed E-state index contributed by atoms with van der Waals surface area (Å²) in [6.07, 6.45) is 1.60. The minimum atomic E-state index is -0.813. The van der Waals surface area contributed by atoms with Crippen LogP contribution in [0, 0.1) is 11.6 Å². The first-order valence-electron chi connectivity index (χ1n) is 11.0. The van der Waals surface area contributed by atoms with Gasteiger partial charge in [-0.15, -0.1) is 0 Å². The van der Waals surface area contributed by atoms with E-state index in [2.05, 4.69) is 15.2 Å². The maximum absolute atomic E-state index is 14.4. The van der Waals surface area contributed by atoms with Crippen LogP contribution in [0.2, 0.25) is 0 Å². The van der Waals surface area contributed by atoms with Crippen molar-refractivity contribution in [3.05, 3.63) is 64.9 Å². The molecule has 0 atom stereocenters. The molecule has 0 spiro atoms. The summed E-state index contributed by atoms with van der Waals surface area (Å²) in [4.78, 5) is 27.8. The summed E-state index contributed by atoms with van der Waals surface area (Å²) in [6.45, 7) is 1.16. The Labute approximate surface area is 199 Å². The van der Waals surface area contributed by atoms with E-state index >= 15 is 0 Å². The number of nitrogens with zero attached hydrogens (tertiary/aromatic N) is 5. The molecule has 11 heteroatoms. The number of rotatable bonds is 6. The van der Waals surface area contributed by atoms with Crippen LogP contribution < -0.4 is 20.7 Å². The van der Waals surface area contributed by atoms with E-state index in [0.29, 0.717) is 18.8 Å². The van der Waals surface area contributed by atoms with Crippen molar-refractivity contribution >= 4 is 28.4 Å². The second-order valence-corrected chi connectivity index (χ2v) is 8.30. The van der Waals surface area contributed by atoms with E-state index < -0.39 is 11.7 Å². The number of carbonyl (C=O) groups is 1. The Balaban J connectivity index is 1.68. The third kappa shape index (κ3) is 4.09. The van der Waals surface area contributed by atoms with Crippen LogP contribution in [0.1, 0.15) is 28.0 Å². The van der Waals surface area contributed by atoms with Crippen LogP contribution in [0.4, 0.5) is 20.3 Å². The first-order valence-corrected chi connectivity index (χ1v) is 11.0. The highest BCUT2D eigenvalue weighted by atomic mass is 19.1. The second-order valence-electron chi connectivity index (χ2n) is 8.30. The number of nitrogens with two attached hydrogens (primary N) is 1. The molecule has 2 aromatic carbocycles. The molecule has 0 unspecified atom stereocenters. The van der Waals surface area contributed by atoms with E-state index in [0.717, 1.165) is 36.0 Å². The van der Waals surface area contributed by atoms with Gasteiger partial charge >= 0.3 is 6.01 Å². The predicted octanol–water partition coefficient (Wildman–Crippen LogP) is 3.20. The summed E-state index contributed by atoms with van der Waals surface area (Å²) < 4.78 is 35.0. The van der Waals surface area contributed by atoms with Crippen molar-refractivity contribution in [2.24, 2.45) is 5.73 Å². The molecular formula is C24H23F2N7O2. The van der Waals surface area contributed by atoms with Gasteiger partial charge in [0.15, 0.2) is 5.82 Å². The third-order valence-corrected chi connectivity index (χ3v) is 5.92. The molecule has 1 aliphatic heterocycles. The number of hydrogen-bond donors (Lipinski definition) is 2. The number of hydrogen-bond acceptors (Lipinski definition) is 7. The Kier molecular flexibility index (Phi) is 5.67. The molecule has 0 saturated carbocycles. The fraction of sp³-hybridized carbons (Fsp3) is 0.250. The monoisotopic (exact) mass is 479 g/mol. The van der Waals surface area contributed by atoms with Gasteiger partial charge in [0.1, 0.15) is 22.8 Å². The highest BCUT2D eigenvalue weighted by Gasteiger charge is 2.26. The zero-order valence-corrected chi connectivity index (χ0v) is 19.2. The lowest BCUT2D eigenvalue weighted by atomic mass is 10.1. The van der Waals surface area contributed by atoms with Crippen molar-refractivity contribution < 1.29 is 18.3 Å². The van der Waals surface area contributed by atoms with E-state index in [1.54, 1.807) is 6.07 Å². The zero-order valence-electron chi connectivity index (χ0n) is 19.2. The van der Waals surface area contributed by atoms with Crippen molar-refractivity contribution in [3.8, 4) is 12.0 Å². The van der Waals surface area contributed by atoms with Gasteiger partial charge in [-0.1, -0.05) is 12.1 Å². The maximum atomic E-state index is 14.4. The smallest absolute Gasteiger partial charge is 0.304 e. The van der Waals surface area contributed by atoms with Crippen LogP contribution in [0.15, 0.2) is 36.4 Å². The molecule has 5 rings (SSSR count). The highest BCUT2D eigenvalue weighted by Crippen LogP contribution is 2.35. The first-order chi connectivity index (χ1) is 16.9. The van der Waals surface area contributed by atoms with Gasteiger partial charge in [-0.2, -0.15) is 9.97 Å². The minimum absolute atomic E-state index is 0.0702. The molecule has 3 N–H and O–H groups in total. The lowest BCUT2D eigenvalue weighted by molar-refractivity contribution is 0.100. The number of carbonyl (C=O) groups excluding carboxylic acids is 1. The number of benzene rings is 2. The number of methoxy groups -OCH3 is 1. The maximum Gasteiger partial charge on any atom is 0.304 e. The molecule has 3 heterocycles. The summed E-state index contributed by atoms with van der Waals surface area (Å²) in [5.41, 5.74) is 8.19. The lowest BCUT2D eigenvalue weighted by Gasteiger charge is -2.29. The number of anilines is 2. The number of primary amides is 1. The van der Waals surface area contributed by atoms with Crippen LogP contribution >= 0.6 is 0 Å². The summed E-state index contributed by atoms with van der Waals surface area (Å²) in [6, 6.07) is 8.64. The van der Waals surface area contributed by atoms with Crippen molar-refractivity contribution in [1.29, 1.82) is 0 Å². The fourth-order valence-electron chi connectivity index (χ4n) is 4.35. The predicted molar refractivity (Wildman–Crippen MR) is 127 cm³/mol. The van der Waals surface area contributed by atoms with Gasteiger partial charge < -0.3 is 20.7 Å². The van der Waals surface area contributed by atoms with E-state index in [9.17, 15) is 13.6 Å². The molecule has 0 fully saturated rings. The largest absolute Gasteiger partial charge is 0.468 e. The number of amides is 1. The van der Waals surface area contributed by atoms with Gasteiger partial charge in [0.05, 0.1) is 23.9 Å².